The van der Waals surface area contributed by atoms with Crippen molar-refractivity contribution in [1.29, 1.82) is 0 Å². The Bertz CT molecular complexity index is 943. The number of aliphatic hydroxyl groups is 2. The quantitative estimate of drug-likeness (QED) is 0.472. The molecule has 0 spiro atoms. The van der Waals surface area contributed by atoms with Gasteiger partial charge >= 0.3 is 5.97 Å². The standard InChI is InChI=1S/C30H46O5/c1-18(16-31)19-8-13-30(25(34)35)15-14-28(4)20(24(19)30)6-7-22-26(2)11-10-23(33)27(3,17-32)21(26)9-12-29(22,28)5/h19-22,24,31-32H,1,6-17H2,2-5H3,(H,34,35)/t19-,20+,21+,22+,24+,26-,27?,28+,29+,30-/m0/s1. The van der Waals surface area contributed by atoms with E-state index in [0.29, 0.717) is 31.1 Å². The second-order valence-corrected chi connectivity index (χ2v) is 14.1. The highest BCUT2D eigenvalue weighted by Crippen LogP contribution is 2.77. The van der Waals surface area contributed by atoms with E-state index in [1.807, 2.05) is 6.92 Å². The summed E-state index contributed by atoms with van der Waals surface area (Å²) in [6.45, 7) is 13.4. The van der Waals surface area contributed by atoms with Crippen LogP contribution >= 0.6 is 0 Å². The van der Waals surface area contributed by atoms with Crippen molar-refractivity contribution in [2.75, 3.05) is 13.2 Å². The molecule has 0 amide bonds. The Hall–Kier alpha value is -1.20. The van der Waals surface area contributed by atoms with Gasteiger partial charge in [0.25, 0.3) is 0 Å². The number of hydrogen-bond donors (Lipinski definition) is 3. The van der Waals surface area contributed by atoms with Gasteiger partial charge in [-0.25, -0.2) is 0 Å². The minimum Gasteiger partial charge on any atom is -0.481 e. The maximum Gasteiger partial charge on any atom is 0.309 e. The summed E-state index contributed by atoms with van der Waals surface area (Å²) in [6, 6.07) is 0. The zero-order valence-electron chi connectivity index (χ0n) is 22.2. The van der Waals surface area contributed by atoms with Crippen LogP contribution in [0.15, 0.2) is 12.2 Å². The van der Waals surface area contributed by atoms with E-state index in [-0.39, 0.29) is 53.0 Å². The highest BCUT2D eigenvalue weighted by Gasteiger charge is 2.72. The second kappa shape index (κ2) is 7.90. The summed E-state index contributed by atoms with van der Waals surface area (Å²) in [7, 11) is 0. The topological polar surface area (TPSA) is 94.8 Å². The predicted molar refractivity (Wildman–Crippen MR) is 134 cm³/mol. The van der Waals surface area contributed by atoms with E-state index in [4.69, 9.17) is 0 Å². The van der Waals surface area contributed by atoms with Crippen LogP contribution in [0.1, 0.15) is 91.9 Å². The van der Waals surface area contributed by atoms with Crippen LogP contribution in [0.3, 0.4) is 0 Å². The van der Waals surface area contributed by atoms with Crippen molar-refractivity contribution in [1.82, 2.24) is 0 Å². The first kappa shape index (κ1) is 25.4. The first-order valence-electron chi connectivity index (χ1n) is 14.0. The van der Waals surface area contributed by atoms with Gasteiger partial charge in [-0.05, 0) is 109 Å². The number of ketones is 1. The van der Waals surface area contributed by atoms with Gasteiger partial charge in [-0.15, -0.1) is 0 Å². The highest BCUT2D eigenvalue weighted by molar-refractivity contribution is 5.86. The zero-order valence-corrected chi connectivity index (χ0v) is 22.2. The minimum atomic E-state index is -0.691. The lowest BCUT2D eigenvalue weighted by Gasteiger charge is -2.72. The van der Waals surface area contributed by atoms with E-state index in [0.717, 1.165) is 50.5 Å². The molecule has 3 N–H and O–H groups in total. The third-order valence-corrected chi connectivity index (χ3v) is 13.5. The molecule has 5 aliphatic carbocycles. The van der Waals surface area contributed by atoms with Gasteiger partial charge in [-0.3, -0.25) is 9.59 Å². The van der Waals surface area contributed by atoms with Crippen molar-refractivity contribution in [3.8, 4) is 0 Å². The minimum absolute atomic E-state index is 0.0114. The molecule has 35 heavy (non-hydrogen) atoms. The molecule has 0 aromatic heterocycles. The number of Topliss-reactive ketones (excluding diaryl/α,β-unsaturated/α-hetero) is 1. The van der Waals surface area contributed by atoms with Crippen molar-refractivity contribution in [2.45, 2.75) is 91.9 Å². The molecule has 5 heteroatoms. The van der Waals surface area contributed by atoms with Crippen LogP contribution in [0, 0.1) is 56.7 Å². The lowest BCUT2D eigenvalue weighted by molar-refractivity contribution is -0.238. The maximum atomic E-state index is 13.0. The van der Waals surface area contributed by atoms with Gasteiger partial charge in [0.1, 0.15) is 5.78 Å². The lowest BCUT2D eigenvalue weighted by atomic mass is 9.32. The number of carboxylic acids is 1. The summed E-state index contributed by atoms with van der Waals surface area (Å²) >= 11 is 0. The Morgan fingerprint density at radius 1 is 0.914 bits per heavy atom. The summed E-state index contributed by atoms with van der Waals surface area (Å²) < 4.78 is 0. The van der Waals surface area contributed by atoms with Gasteiger partial charge in [0, 0.05) is 6.42 Å². The van der Waals surface area contributed by atoms with Gasteiger partial charge in [-0.2, -0.15) is 0 Å². The summed E-state index contributed by atoms with van der Waals surface area (Å²) in [5, 5.41) is 30.8. The fourth-order valence-corrected chi connectivity index (χ4v) is 11.4. The molecule has 0 aromatic carbocycles. The van der Waals surface area contributed by atoms with E-state index >= 15 is 0 Å². The smallest absolute Gasteiger partial charge is 0.309 e. The molecule has 0 heterocycles. The average molecular weight is 487 g/mol. The van der Waals surface area contributed by atoms with Crippen molar-refractivity contribution in [3.63, 3.8) is 0 Å². The Morgan fingerprint density at radius 2 is 1.63 bits per heavy atom. The Kier molecular flexibility index (Phi) is 5.74. The normalized spacial score (nSPS) is 53.2. The second-order valence-electron chi connectivity index (χ2n) is 14.1. The summed E-state index contributed by atoms with van der Waals surface area (Å²) in [6.07, 6.45) is 8.68. The average Bonchev–Trinajstić information content (AvgIpc) is 3.23. The van der Waals surface area contributed by atoms with Crippen molar-refractivity contribution in [2.24, 2.45) is 56.7 Å². The molecule has 10 atom stereocenters. The van der Waals surface area contributed by atoms with Crippen LogP contribution in [-0.4, -0.2) is 40.3 Å². The van der Waals surface area contributed by atoms with Crippen molar-refractivity contribution >= 4 is 11.8 Å². The Balaban J connectivity index is 1.57. The molecule has 5 nitrogen and oxygen atoms in total. The first-order valence-corrected chi connectivity index (χ1v) is 14.0. The van der Waals surface area contributed by atoms with Gasteiger partial charge in [0.2, 0.25) is 0 Å². The Labute approximate surface area is 210 Å². The number of carboxylic acid groups (broad SMARTS) is 1. The number of rotatable bonds is 4. The number of carbonyl (C=O) groups is 2. The SMILES string of the molecule is C=C(CO)[C@@H]1CC[C@]2(C(=O)O)CC[C@]3(C)[C@H](CC[C@@H]4[C@@]5(C)CCC(=O)C(C)(CO)[C@@H]5CC[C@]43C)[C@@H]12. The summed E-state index contributed by atoms with van der Waals surface area (Å²) in [4.78, 5) is 25.8. The zero-order chi connectivity index (χ0) is 25.6. The number of aliphatic carboxylic acids is 1. The third-order valence-electron chi connectivity index (χ3n) is 13.5. The van der Waals surface area contributed by atoms with Gasteiger partial charge in [0.15, 0.2) is 0 Å². The van der Waals surface area contributed by atoms with Crippen LogP contribution in [0.25, 0.3) is 0 Å². The van der Waals surface area contributed by atoms with Crippen molar-refractivity contribution < 1.29 is 24.9 Å². The van der Waals surface area contributed by atoms with Gasteiger partial charge in [0.05, 0.1) is 24.0 Å². The van der Waals surface area contributed by atoms with Gasteiger partial charge < -0.3 is 15.3 Å². The molecule has 196 valence electrons. The number of fused-ring (bicyclic) bond motifs is 7. The highest BCUT2D eigenvalue weighted by atomic mass is 16.4. The number of hydrogen-bond acceptors (Lipinski definition) is 4. The molecule has 0 saturated heterocycles. The fraction of sp³-hybridized carbons (Fsp3) is 0.867. The molecule has 5 aliphatic rings. The van der Waals surface area contributed by atoms with Crippen LogP contribution in [0.5, 0.6) is 0 Å². The molecular formula is C30H46O5. The molecule has 1 unspecified atom stereocenters. The summed E-state index contributed by atoms with van der Waals surface area (Å²) in [5.41, 5.74) is -0.428. The number of aliphatic hydroxyl groups excluding tert-OH is 2. The molecule has 5 saturated carbocycles. The molecule has 5 fully saturated rings. The molecule has 0 aromatic rings. The third kappa shape index (κ3) is 2.94. The van der Waals surface area contributed by atoms with Crippen LogP contribution in [0.4, 0.5) is 0 Å². The molecule has 0 radical (unpaired) electrons. The molecule has 0 bridgehead atoms. The van der Waals surface area contributed by atoms with E-state index in [1.54, 1.807) is 0 Å². The predicted octanol–water partition coefficient (Wildman–Crippen LogP) is 5.24. The largest absolute Gasteiger partial charge is 0.481 e. The van der Waals surface area contributed by atoms with Crippen LogP contribution in [0.2, 0.25) is 0 Å². The monoisotopic (exact) mass is 486 g/mol. The lowest BCUT2D eigenvalue weighted by Crippen LogP contribution is -2.67. The van der Waals surface area contributed by atoms with E-state index < -0.39 is 16.8 Å². The van der Waals surface area contributed by atoms with E-state index in [2.05, 4.69) is 27.4 Å². The van der Waals surface area contributed by atoms with Crippen molar-refractivity contribution in [3.05, 3.63) is 12.2 Å². The molecular weight excluding hydrogens is 440 g/mol. The number of carbonyl (C=O) groups excluding carboxylic acids is 1. The maximum absolute atomic E-state index is 13.0. The van der Waals surface area contributed by atoms with Crippen LogP contribution in [-0.2, 0) is 9.59 Å². The molecule has 0 aliphatic heterocycles. The summed E-state index contributed by atoms with van der Waals surface area (Å²) in [5.74, 6) is 0.673. The first-order chi connectivity index (χ1) is 16.4. The van der Waals surface area contributed by atoms with E-state index in [9.17, 15) is 24.9 Å². The van der Waals surface area contributed by atoms with E-state index in [1.165, 1.54) is 0 Å². The fourth-order valence-electron chi connectivity index (χ4n) is 11.4. The Morgan fingerprint density at radius 3 is 2.26 bits per heavy atom. The van der Waals surface area contributed by atoms with Gasteiger partial charge in [-0.1, -0.05) is 34.3 Å². The molecule has 5 rings (SSSR count). The van der Waals surface area contributed by atoms with Crippen LogP contribution < -0.4 is 0 Å².